The molecule has 2 bridgehead atoms. The molecule has 2 unspecified atom stereocenters. The van der Waals surface area contributed by atoms with Crippen LogP contribution in [0.3, 0.4) is 0 Å². The number of anilines is 2. The first kappa shape index (κ1) is 24.7. The summed E-state index contributed by atoms with van der Waals surface area (Å²) in [6.45, 7) is 4.75. The Morgan fingerprint density at radius 2 is 1.84 bits per heavy atom. The van der Waals surface area contributed by atoms with Crippen molar-refractivity contribution in [2.45, 2.75) is 57.2 Å². The summed E-state index contributed by atoms with van der Waals surface area (Å²) in [5, 5.41) is 8.16. The van der Waals surface area contributed by atoms with Gasteiger partial charge in [0.2, 0.25) is 5.95 Å². The molecule has 196 valence electrons. The van der Waals surface area contributed by atoms with Crippen molar-refractivity contribution in [2.24, 2.45) is 0 Å². The number of nitrogens with zero attached hydrogens (tertiary/aromatic N) is 6. The van der Waals surface area contributed by atoms with Crippen LogP contribution in [-0.2, 0) is 11.3 Å². The molecule has 38 heavy (non-hydrogen) atoms. The molecule has 3 aromatic heterocycles. The highest BCUT2D eigenvalue weighted by atomic mass is 16.5. The van der Waals surface area contributed by atoms with Gasteiger partial charge in [0.1, 0.15) is 5.69 Å². The zero-order chi connectivity index (χ0) is 25.9. The number of fused-ring (bicyclic) bond motifs is 2. The van der Waals surface area contributed by atoms with Crippen molar-refractivity contribution in [3.8, 4) is 22.5 Å². The van der Waals surface area contributed by atoms with Gasteiger partial charge in [0.05, 0.1) is 12.3 Å². The van der Waals surface area contributed by atoms with Crippen LogP contribution in [0.1, 0.15) is 44.1 Å². The number of hydrogen-bond donors (Lipinski definition) is 1. The largest absolute Gasteiger partial charge is 0.383 e. The third-order valence-corrected chi connectivity index (χ3v) is 8.03. The number of rotatable bonds is 9. The minimum atomic E-state index is 0.570. The van der Waals surface area contributed by atoms with E-state index in [1.165, 1.54) is 31.2 Å². The lowest BCUT2D eigenvalue weighted by Crippen LogP contribution is -2.43. The van der Waals surface area contributed by atoms with E-state index in [0.29, 0.717) is 23.9 Å². The molecule has 0 radical (unpaired) electrons. The zero-order valence-corrected chi connectivity index (χ0v) is 22.1. The normalized spacial score (nSPS) is 21.1. The van der Waals surface area contributed by atoms with E-state index in [1.807, 2.05) is 35.3 Å². The Bertz CT molecular complexity index is 1340. The standard InChI is InChI=1S/C30H35N7O/c1-3-36-20-27(29(35-36)22-5-4-13-31-19-22)28-12-14-32-30(34-28)33-24-8-6-21(7-9-24)23-17-25-10-11-26(18-23)37(25)15-16-38-2/h4-9,12-14,19-20,23,25-26H,3,10-11,15-18H2,1-2H3,(H,32,33,34). The van der Waals surface area contributed by atoms with E-state index in [2.05, 4.69) is 51.4 Å². The van der Waals surface area contributed by atoms with Gasteiger partial charge in [-0.25, -0.2) is 9.97 Å². The number of benzene rings is 1. The number of ether oxygens (including phenoxy) is 1. The molecule has 1 aromatic carbocycles. The number of methoxy groups -OCH3 is 1. The lowest BCUT2D eigenvalue weighted by Gasteiger charge is -2.39. The highest BCUT2D eigenvalue weighted by molar-refractivity contribution is 5.78. The molecule has 2 aliphatic rings. The van der Waals surface area contributed by atoms with Crippen molar-refractivity contribution in [2.75, 3.05) is 25.6 Å². The summed E-state index contributed by atoms with van der Waals surface area (Å²) >= 11 is 0. The van der Waals surface area contributed by atoms with Crippen molar-refractivity contribution in [1.29, 1.82) is 0 Å². The third-order valence-electron chi connectivity index (χ3n) is 8.03. The molecular formula is C30H35N7O. The molecule has 0 spiro atoms. The maximum Gasteiger partial charge on any atom is 0.227 e. The Morgan fingerprint density at radius 1 is 1.03 bits per heavy atom. The van der Waals surface area contributed by atoms with Crippen LogP contribution in [0.15, 0.2) is 67.3 Å². The number of nitrogens with one attached hydrogen (secondary N) is 1. The summed E-state index contributed by atoms with van der Waals surface area (Å²) in [6.07, 6.45) is 12.6. The maximum absolute atomic E-state index is 5.34. The number of piperidine rings is 1. The first-order valence-corrected chi connectivity index (χ1v) is 13.6. The Morgan fingerprint density at radius 3 is 2.55 bits per heavy atom. The van der Waals surface area contributed by atoms with Crippen LogP contribution < -0.4 is 5.32 Å². The van der Waals surface area contributed by atoms with Crippen LogP contribution >= 0.6 is 0 Å². The highest BCUT2D eigenvalue weighted by Crippen LogP contribution is 2.43. The van der Waals surface area contributed by atoms with Crippen LogP contribution in [-0.4, -0.2) is 62.0 Å². The fraction of sp³-hybridized carbons (Fsp3) is 0.400. The van der Waals surface area contributed by atoms with Crippen molar-refractivity contribution >= 4 is 11.6 Å². The van der Waals surface area contributed by atoms with Crippen molar-refractivity contribution in [3.63, 3.8) is 0 Å². The summed E-state index contributed by atoms with van der Waals surface area (Å²) in [5.74, 6) is 1.20. The van der Waals surface area contributed by atoms with Crippen molar-refractivity contribution in [3.05, 3.63) is 72.8 Å². The molecule has 2 atom stereocenters. The van der Waals surface area contributed by atoms with Crippen molar-refractivity contribution < 1.29 is 4.74 Å². The van der Waals surface area contributed by atoms with Gasteiger partial charge < -0.3 is 10.1 Å². The molecule has 1 N–H and O–H groups in total. The fourth-order valence-corrected chi connectivity index (χ4v) is 6.13. The van der Waals surface area contributed by atoms with Gasteiger partial charge in [-0.1, -0.05) is 12.1 Å². The van der Waals surface area contributed by atoms with Crippen LogP contribution in [0.2, 0.25) is 0 Å². The average molecular weight is 510 g/mol. The Balaban J connectivity index is 1.17. The second-order valence-electron chi connectivity index (χ2n) is 10.3. The average Bonchev–Trinajstić information content (AvgIpc) is 3.50. The minimum Gasteiger partial charge on any atom is -0.383 e. The molecule has 2 saturated heterocycles. The van der Waals surface area contributed by atoms with Gasteiger partial charge in [0, 0.05) is 73.9 Å². The van der Waals surface area contributed by atoms with Crippen LogP contribution in [0.4, 0.5) is 11.6 Å². The lowest BCUT2D eigenvalue weighted by atomic mass is 9.85. The summed E-state index contributed by atoms with van der Waals surface area (Å²) in [6, 6.07) is 16.1. The van der Waals surface area contributed by atoms with E-state index in [-0.39, 0.29) is 0 Å². The lowest BCUT2D eigenvalue weighted by molar-refractivity contribution is 0.0830. The molecule has 0 aliphatic carbocycles. The molecule has 2 fully saturated rings. The van der Waals surface area contributed by atoms with Gasteiger partial charge in [-0.3, -0.25) is 14.6 Å². The Kier molecular flexibility index (Phi) is 7.16. The van der Waals surface area contributed by atoms with E-state index < -0.39 is 0 Å². The zero-order valence-electron chi connectivity index (χ0n) is 22.1. The van der Waals surface area contributed by atoms with Gasteiger partial charge in [-0.15, -0.1) is 0 Å². The van der Waals surface area contributed by atoms with Gasteiger partial charge in [-0.05, 0) is 74.4 Å². The highest BCUT2D eigenvalue weighted by Gasteiger charge is 2.40. The molecule has 2 aliphatic heterocycles. The Labute approximate surface area is 224 Å². The van der Waals surface area contributed by atoms with E-state index in [0.717, 1.165) is 47.9 Å². The summed E-state index contributed by atoms with van der Waals surface area (Å²) < 4.78 is 7.27. The fourth-order valence-electron chi connectivity index (χ4n) is 6.13. The first-order valence-electron chi connectivity index (χ1n) is 13.6. The molecule has 5 heterocycles. The molecule has 8 nitrogen and oxygen atoms in total. The second kappa shape index (κ2) is 11.0. The molecular weight excluding hydrogens is 474 g/mol. The van der Waals surface area contributed by atoms with E-state index in [4.69, 9.17) is 14.8 Å². The first-order chi connectivity index (χ1) is 18.7. The topological polar surface area (TPSA) is 81.0 Å². The van der Waals surface area contributed by atoms with Crippen LogP contribution in [0.5, 0.6) is 0 Å². The minimum absolute atomic E-state index is 0.570. The number of aryl methyl sites for hydroxylation is 1. The summed E-state index contributed by atoms with van der Waals surface area (Å²) in [4.78, 5) is 16.3. The number of hydrogen-bond acceptors (Lipinski definition) is 7. The molecule has 0 amide bonds. The molecule has 8 heteroatoms. The van der Waals surface area contributed by atoms with Crippen LogP contribution in [0, 0.1) is 0 Å². The van der Waals surface area contributed by atoms with Crippen molar-refractivity contribution in [1.82, 2.24) is 29.6 Å². The quantitative estimate of drug-likeness (QED) is 0.318. The second-order valence-corrected chi connectivity index (χ2v) is 10.3. The van der Waals surface area contributed by atoms with E-state index >= 15 is 0 Å². The molecule has 4 aromatic rings. The van der Waals surface area contributed by atoms with Crippen LogP contribution in [0.25, 0.3) is 22.5 Å². The smallest absolute Gasteiger partial charge is 0.227 e. The summed E-state index contributed by atoms with van der Waals surface area (Å²) in [7, 11) is 1.80. The molecule has 6 rings (SSSR count). The van der Waals surface area contributed by atoms with Gasteiger partial charge in [0.15, 0.2) is 0 Å². The number of pyridine rings is 1. The van der Waals surface area contributed by atoms with E-state index in [1.54, 1.807) is 19.5 Å². The molecule has 0 saturated carbocycles. The van der Waals surface area contributed by atoms with Gasteiger partial charge >= 0.3 is 0 Å². The summed E-state index contributed by atoms with van der Waals surface area (Å²) in [5.41, 5.74) is 6.05. The van der Waals surface area contributed by atoms with E-state index in [9.17, 15) is 0 Å². The predicted molar refractivity (Wildman–Crippen MR) is 149 cm³/mol. The maximum atomic E-state index is 5.34. The third kappa shape index (κ3) is 5.06. The monoisotopic (exact) mass is 509 g/mol. The SMILES string of the molecule is CCn1cc(-c2ccnc(Nc3ccc(C4CC5CCC(C4)N5CCOC)cc3)n2)c(-c2cccnc2)n1. The Hall–Kier alpha value is -3.62. The predicted octanol–water partition coefficient (Wildman–Crippen LogP) is 5.52. The number of aromatic nitrogens is 5. The van der Waals surface area contributed by atoms with Gasteiger partial charge in [0.25, 0.3) is 0 Å². The van der Waals surface area contributed by atoms with Gasteiger partial charge in [-0.2, -0.15) is 5.10 Å².